The van der Waals surface area contributed by atoms with E-state index in [0.29, 0.717) is 35.6 Å². The lowest BCUT2D eigenvalue weighted by molar-refractivity contribution is -0.123. The molecule has 5 rings (SSSR count). The van der Waals surface area contributed by atoms with Crippen molar-refractivity contribution in [1.82, 2.24) is 30.2 Å². The Hall–Kier alpha value is -3.50. The van der Waals surface area contributed by atoms with Crippen LogP contribution in [0.5, 0.6) is 0 Å². The minimum absolute atomic E-state index is 0.187. The van der Waals surface area contributed by atoms with E-state index in [2.05, 4.69) is 30.9 Å². The lowest BCUT2D eigenvalue weighted by atomic mass is 10.1. The molecule has 0 saturated carbocycles. The summed E-state index contributed by atoms with van der Waals surface area (Å²) in [6.45, 7) is 0.585. The van der Waals surface area contributed by atoms with Crippen molar-refractivity contribution in [3.8, 4) is 11.3 Å². The van der Waals surface area contributed by atoms with Gasteiger partial charge < -0.3 is 30.6 Å². The SMILES string of the molecule is CNc1nc2[nH]c(-c3cc(F)cc(CNC(=O)[C@@H]4C[C@@H](O)CN4)c3)cc2c2c1ncn2C. The lowest BCUT2D eigenvalue weighted by Gasteiger charge is -2.12. The molecular formula is C22H24FN7O2. The average molecular weight is 437 g/mol. The number of halogens is 1. The zero-order valence-corrected chi connectivity index (χ0v) is 17.7. The molecule has 0 radical (unpaired) electrons. The van der Waals surface area contributed by atoms with Crippen LogP contribution in [0.3, 0.4) is 0 Å². The Morgan fingerprint density at radius 3 is 2.94 bits per heavy atom. The molecule has 1 aliphatic heterocycles. The van der Waals surface area contributed by atoms with Crippen molar-refractivity contribution in [2.24, 2.45) is 7.05 Å². The summed E-state index contributed by atoms with van der Waals surface area (Å²) in [5, 5.41) is 19.3. The number of hydrogen-bond acceptors (Lipinski definition) is 6. The third-order valence-corrected chi connectivity index (χ3v) is 5.83. The molecule has 2 atom stereocenters. The molecule has 3 aromatic heterocycles. The van der Waals surface area contributed by atoms with Crippen LogP contribution >= 0.6 is 0 Å². The van der Waals surface area contributed by atoms with Crippen LogP contribution in [-0.2, 0) is 18.4 Å². The second-order valence-corrected chi connectivity index (χ2v) is 8.12. The van der Waals surface area contributed by atoms with Gasteiger partial charge in [-0.15, -0.1) is 0 Å². The number of nitrogens with zero attached hydrogens (tertiary/aromatic N) is 3. The van der Waals surface area contributed by atoms with Gasteiger partial charge in [-0.3, -0.25) is 4.79 Å². The Balaban J connectivity index is 1.46. The van der Waals surface area contributed by atoms with Gasteiger partial charge in [0, 0.05) is 43.8 Å². The number of pyridine rings is 1. The summed E-state index contributed by atoms with van der Waals surface area (Å²) in [5.41, 5.74) is 4.38. The molecular weight excluding hydrogens is 413 g/mol. The topological polar surface area (TPSA) is 120 Å². The third-order valence-electron chi connectivity index (χ3n) is 5.83. The van der Waals surface area contributed by atoms with Crippen LogP contribution in [0.2, 0.25) is 0 Å². The van der Waals surface area contributed by atoms with Gasteiger partial charge in [-0.05, 0) is 36.2 Å². The smallest absolute Gasteiger partial charge is 0.237 e. The van der Waals surface area contributed by atoms with E-state index >= 15 is 0 Å². The number of aliphatic hydroxyl groups excluding tert-OH is 1. The van der Waals surface area contributed by atoms with Crippen molar-refractivity contribution in [3.63, 3.8) is 0 Å². The number of H-pyrrole nitrogens is 1. The summed E-state index contributed by atoms with van der Waals surface area (Å²) in [7, 11) is 3.71. The molecule has 9 nitrogen and oxygen atoms in total. The first kappa shape index (κ1) is 20.4. The van der Waals surface area contributed by atoms with Gasteiger partial charge in [0.15, 0.2) is 5.82 Å². The highest BCUT2D eigenvalue weighted by Gasteiger charge is 2.27. The van der Waals surface area contributed by atoms with Crippen LogP contribution in [0.15, 0.2) is 30.6 Å². The summed E-state index contributed by atoms with van der Waals surface area (Å²) in [6, 6.07) is 6.20. The fraction of sp³-hybridized carbons (Fsp3) is 0.318. The van der Waals surface area contributed by atoms with Crippen LogP contribution < -0.4 is 16.0 Å². The Labute approximate surface area is 183 Å². The number of β-amino-alcohol motifs (C(OH)–C–C–N with tert-alkyl or cyclic N) is 1. The fourth-order valence-corrected chi connectivity index (χ4v) is 4.27. The van der Waals surface area contributed by atoms with E-state index in [1.54, 1.807) is 13.4 Å². The van der Waals surface area contributed by atoms with Crippen molar-refractivity contribution >= 4 is 33.8 Å². The van der Waals surface area contributed by atoms with Crippen molar-refractivity contribution in [1.29, 1.82) is 0 Å². The average Bonchev–Trinajstić information content (AvgIpc) is 3.49. The molecule has 0 aliphatic carbocycles. The lowest BCUT2D eigenvalue weighted by Crippen LogP contribution is -2.40. The number of aliphatic hydroxyl groups is 1. The normalized spacial score (nSPS) is 18.5. The molecule has 1 amide bonds. The van der Waals surface area contributed by atoms with Gasteiger partial charge in [0.25, 0.3) is 0 Å². The van der Waals surface area contributed by atoms with Gasteiger partial charge in [-0.25, -0.2) is 14.4 Å². The molecule has 166 valence electrons. The predicted octanol–water partition coefficient (Wildman–Crippen LogP) is 1.64. The number of aryl methyl sites for hydroxylation is 1. The van der Waals surface area contributed by atoms with E-state index in [4.69, 9.17) is 0 Å². The number of fused-ring (bicyclic) bond motifs is 3. The molecule has 0 bridgehead atoms. The van der Waals surface area contributed by atoms with Gasteiger partial charge in [-0.1, -0.05) is 0 Å². The van der Waals surface area contributed by atoms with E-state index in [-0.39, 0.29) is 12.5 Å². The van der Waals surface area contributed by atoms with Crippen molar-refractivity contribution < 1.29 is 14.3 Å². The number of imidazole rings is 1. The quantitative estimate of drug-likeness (QED) is 0.324. The highest BCUT2D eigenvalue weighted by Crippen LogP contribution is 2.32. The first-order valence-electron chi connectivity index (χ1n) is 10.4. The second kappa shape index (κ2) is 7.88. The van der Waals surface area contributed by atoms with Crippen LogP contribution in [0, 0.1) is 5.82 Å². The fourth-order valence-electron chi connectivity index (χ4n) is 4.27. The van der Waals surface area contributed by atoms with E-state index in [0.717, 1.165) is 22.1 Å². The maximum Gasteiger partial charge on any atom is 0.237 e. The number of benzene rings is 1. The van der Waals surface area contributed by atoms with Gasteiger partial charge in [0.05, 0.1) is 24.0 Å². The largest absolute Gasteiger partial charge is 0.392 e. The summed E-state index contributed by atoms with van der Waals surface area (Å²) in [5.74, 6) is 0.0597. The zero-order valence-electron chi connectivity index (χ0n) is 17.7. The van der Waals surface area contributed by atoms with Crippen LogP contribution in [0.4, 0.5) is 10.2 Å². The highest BCUT2D eigenvalue weighted by atomic mass is 19.1. The minimum atomic E-state index is -0.517. The molecule has 0 spiro atoms. The molecule has 1 aliphatic rings. The summed E-state index contributed by atoms with van der Waals surface area (Å²) in [6.07, 6.45) is 1.59. The van der Waals surface area contributed by atoms with Crippen molar-refractivity contribution in [2.45, 2.75) is 25.1 Å². The first-order chi connectivity index (χ1) is 15.4. The number of carbonyl (C=O) groups is 1. The summed E-state index contributed by atoms with van der Waals surface area (Å²) < 4.78 is 16.3. The Morgan fingerprint density at radius 1 is 1.34 bits per heavy atom. The van der Waals surface area contributed by atoms with Gasteiger partial charge >= 0.3 is 0 Å². The Kier molecular flexibility index (Phi) is 5.03. The van der Waals surface area contributed by atoms with Crippen LogP contribution in [0.25, 0.3) is 33.3 Å². The number of nitrogens with one attached hydrogen (secondary N) is 4. The third kappa shape index (κ3) is 3.57. The van der Waals surface area contributed by atoms with Crippen molar-refractivity contribution in [2.75, 3.05) is 18.9 Å². The molecule has 32 heavy (non-hydrogen) atoms. The molecule has 5 N–H and O–H groups in total. The summed E-state index contributed by atoms with van der Waals surface area (Å²) in [4.78, 5) is 24.6. The molecule has 1 saturated heterocycles. The van der Waals surface area contributed by atoms with Gasteiger partial charge in [-0.2, -0.15) is 0 Å². The predicted molar refractivity (Wildman–Crippen MR) is 120 cm³/mol. The molecule has 0 unspecified atom stereocenters. The molecule has 1 fully saturated rings. The number of amides is 1. The Morgan fingerprint density at radius 2 is 2.19 bits per heavy atom. The maximum absolute atomic E-state index is 14.4. The van der Waals surface area contributed by atoms with E-state index in [1.807, 2.05) is 23.7 Å². The van der Waals surface area contributed by atoms with E-state index in [9.17, 15) is 14.3 Å². The maximum atomic E-state index is 14.4. The number of rotatable bonds is 5. The molecule has 4 heterocycles. The Bertz CT molecular complexity index is 1330. The molecule has 1 aromatic carbocycles. The van der Waals surface area contributed by atoms with Crippen LogP contribution in [-0.4, -0.2) is 56.3 Å². The number of anilines is 1. The highest BCUT2D eigenvalue weighted by molar-refractivity contribution is 6.07. The van der Waals surface area contributed by atoms with Crippen molar-refractivity contribution in [3.05, 3.63) is 42.0 Å². The molecule has 10 heteroatoms. The van der Waals surface area contributed by atoms with Gasteiger partial charge in [0.1, 0.15) is 17.0 Å². The standard InChI is InChI=1S/C22H24FN7O2/c1-24-21-18-19(30(2)10-27-18)15-7-16(28-20(15)29-21)12-3-11(4-13(23)5-12)8-26-22(32)17-6-14(31)9-25-17/h3-5,7,10,14,17,25,31H,6,8-9H2,1-2H3,(H,26,32)(H2,24,28,29)/t14-,17+/m1/s1. The zero-order chi connectivity index (χ0) is 22.4. The monoisotopic (exact) mass is 437 g/mol. The second-order valence-electron chi connectivity index (χ2n) is 8.12. The number of aromatic amines is 1. The number of carbonyl (C=O) groups excluding carboxylic acids is 1. The first-order valence-corrected chi connectivity index (χ1v) is 10.4. The number of hydrogen-bond donors (Lipinski definition) is 5. The number of aromatic nitrogens is 4. The van der Waals surface area contributed by atoms with E-state index < -0.39 is 18.0 Å². The minimum Gasteiger partial charge on any atom is -0.392 e. The molecule has 4 aromatic rings. The van der Waals surface area contributed by atoms with E-state index in [1.165, 1.54) is 12.1 Å². The summed E-state index contributed by atoms with van der Waals surface area (Å²) >= 11 is 0. The van der Waals surface area contributed by atoms with Crippen LogP contribution in [0.1, 0.15) is 12.0 Å². The van der Waals surface area contributed by atoms with Gasteiger partial charge in [0.2, 0.25) is 5.91 Å².